The van der Waals surface area contributed by atoms with Crippen molar-refractivity contribution >= 4 is 29.1 Å². The highest BCUT2D eigenvalue weighted by atomic mass is 35.5. The minimum atomic E-state index is 0.542. The first-order valence-corrected chi connectivity index (χ1v) is 6.17. The average Bonchev–Trinajstić information content (AvgIpc) is 2.31. The van der Waals surface area contributed by atoms with Crippen LogP contribution < -0.4 is 0 Å². The second kappa shape index (κ2) is 6.47. The Balaban J connectivity index is 3.26. The zero-order chi connectivity index (χ0) is 12.0. The summed E-state index contributed by atoms with van der Waals surface area (Å²) >= 11 is 7.51. The molecule has 1 aromatic rings. The topological polar surface area (TPSA) is 33.0 Å². The average molecular weight is 254 g/mol. The third kappa shape index (κ3) is 2.94. The Morgan fingerprint density at radius 2 is 2.19 bits per heavy atom. The summed E-state index contributed by atoms with van der Waals surface area (Å²) in [5, 5.41) is 9.65. The van der Waals surface area contributed by atoms with Crippen molar-refractivity contribution in [2.45, 2.75) is 6.92 Å². The highest BCUT2D eigenvalue weighted by Gasteiger charge is 2.12. The van der Waals surface area contributed by atoms with Crippen LogP contribution in [0.1, 0.15) is 12.5 Å². The molecule has 0 N–H and O–H groups in total. The molecular formula is C12H12ClNOS. The highest BCUT2D eigenvalue weighted by molar-refractivity contribution is 8.03. The molecule has 0 bridgehead atoms. The van der Waals surface area contributed by atoms with Gasteiger partial charge in [-0.25, -0.2) is 0 Å². The molecule has 2 nitrogen and oxygen atoms in total. The minimum Gasteiger partial charge on any atom is -0.494 e. The molecule has 0 amide bonds. The molecule has 1 rings (SSSR count). The van der Waals surface area contributed by atoms with E-state index in [1.807, 2.05) is 25.1 Å². The normalized spacial score (nSPS) is 11.6. The van der Waals surface area contributed by atoms with Crippen LogP contribution >= 0.6 is 23.4 Å². The van der Waals surface area contributed by atoms with Gasteiger partial charge in [-0.15, -0.1) is 11.8 Å². The molecule has 16 heavy (non-hydrogen) atoms. The number of methoxy groups -OCH3 is 1. The number of nitriles is 1. The van der Waals surface area contributed by atoms with Gasteiger partial charge in [0.1, 0.15) is 11.0 Å². The Labute approximate surface area is 105 Å². The van der Waals surface area contributed by atoms with Crippen LogP contribution in [0.3, 0.4) is 0 Å². The molecule has 1 aromatic carbocycles. The van der Waals surface area contributed by atoms with Gasteiger partial charge in [-0.3, -0.25) is 0 Å². The number of hydrogen-bond acceptors (Lipinski definition) is 3. The summed E-state index contributed by atoms with van der Waals surface area (Å²) < 4.78 is 5.27. The lowest BCUT2D eigenvalue weighted by molar-refractivity contribution is 0.369. The SMILES string of the molecule is CCSC(C#N)=C(OC)c1ccccc1Cl. The fourth-order valence-electron chi connectivity index (χ4n) is 1.26. The molecule has 0 aliphatic heterocycles. The van der Waals surface area contributed by atoms with Gasteiger partial charge in [0.2, 0.25) is 0 Å². The maximum absolute atomic E-state index is 9.06. The number of nitrogens with zero attached hydrogens (tertiary/aromatic N) is 1. The summed E-state index contributed by atoms with van der Waals surface area (Å²) in [5.41, 5.74) is 0.754. The molecule has 0 aliphatic rings. The van der Waals surface area contributed by atoms with Gasteiger partial charge < -0.3 is 4.74 Å². The summed E-state index contributed by atoms with van der Waals surface area (Å²) in [7, 11) is 1.55. The molecule has 0 aliphatic carbocycles. The number of halogens is 1. The maximum Gasteiger partial charge on any atom is 0.151 e. The Morgan fingerprint density at radius 3 is 2.69 bits per heavy atom. The molecule has 0 aromatic heterocycles. The second-order valence-corrected chi connectivity index (χ2v) is 4.57. The number of rotatable bonds is 4. The number of hydrogen-bond donors (Lipinski definition) is 0. The number of ether oxygens (including phenoxy) is 1. The van der Waals surface area contributed by atoms with Crippen molar-refractivity contribution in [2.24, 2.45) is 0 Å². The van der Waals surface area contributed by atoms with Gasteiger partial charge in [-0.1, -0.05) is 30.7 Å². The fourth-order valence-corrected chi connectivity index (χ4v) is 2.16. The smallest absolute Gasteiger partial charge is 0.151 e. The van der Waals surface area contributed by atoms with E-state index < -0.39 is 0 Å². The molecule has 0 spiro atoms. The molecule has 0 atom stereocenters. The monoisotopic (exact) mass is 253 g/mol. The predicted octanol–water partition coefficient (Wildman–Crippen LogP) is 3.93. The Morgan fingerprint density at radius 1 is 1.50 bits per heavy atom. The van der Waals surface area contributed by atoms with Gasteiger partial charge in [0, 0.05) is 5.56 Å². The van der Waals surface area contributed by atoms with Crippen LogP contribution in [0.4, 0.5) is 0 Å². The molecule has 0 unspecified atom stereocenters. The minimum absolute atomic E-state index is 0.542. The number of allylic oxidation sites excluding steroid dienone is 1. The molecule has 0 radical (unpaired) electrons. The van der Waals surface area contributed by atoms with Crippen molar-refractivity contribution in [3.05, 3.63) is 39.8 Å². The standard InChI is InChI=1S/C12H12ClNOS/c1-3-16-11(8-14)12(15-2)9-6-4-5-7-10(9)13/h4-7H,3H2,1-2H3. The van der Waals surface area contributed by atoms with Crippen molar-refractivity contribution in [1.82, 2.24) is 0 Å². The van der Waals surface area contributed by atoms with E-state index >= 15 is 0 Å². The fraction of sp³-hybridized carbons (Fsp3) is 0.250. The van der Waals surface area contributed by atoms with E-state index in [1.54, 1.807) is 13.2 Å². The van der Waals surface area contributed by atoms with Crippen LogP contribution in [0.25, 0.3) is 5.76 Å². The van der Waals surface area contributed by atoms with E-state index in [9.17, 15) is 0 Å². The first-order chi connectivity index (χ1) is 7.74. The lowest BCUT2D eigenvalue weighted by Gasteiger charge is -2.10. The van der Waals surface area contributed by atoms with E-state index in [2.05, 4.69) is 6.07 Å². The molecule has 0 fully saturated rings. The zero-order valence-electron chi connectivity index (χ0n) is 9.16. The van der Waals surface area contributed by atoms with Gasteiger partial charge in [0.05, 0.1) is 12.1 Å². The largest absolute Gasteiger partial charge is 0.494 e. The number of thioether (sulfide) groups is 1. The van der Waals surface area contributed by atoms with Crippen molar-refractivity contribution in [3.63, 3.8) is 0 Å². The molecule has 0 heterocycles. The third-order valence-electron chi connectivity index (χ3n) is 1.92. The van der Waals surface area contributed by atoms with E-state index in [0.29, 0.717) is 15.7 Å². The summed E-state index contributed by atoms with van der Waals surface area (Å²) in [6, 6.07) is 9.47. The van der Waals surface area contributed by atoms with Crippen molar-refractivity contribution in [1.29, 1.82) is 5.26 Å². The maximum atomic E-state index is 9.06. The van der Waals surface area contributed by atoms with E-state index in [4.69, 9.17) is 21.6 Å². The van der Waals surface area contributed by atoms with Crippen LogP contribution in [0.2, 0.25) is 5.02 Å². The predicted molar refractivity (Wildman–Crippen MR) is 69.1 cm³/mol. The first-order valence-electron chi connectivity index (χ1n) is 4.80. The van der Waals surface area contributed by atoms with Gasteiger partial charge in [-0.05, 0) is 17.9 Å². The van der Waals surface area contributed by atoms with E-state index in [1.165, 1.54) is 11.8 Å². The Kier molecular flexibility index (Phi) is 5.24. The lowest BCUT2D eigenvalue weighted by atomic mass is 10.2. The van der Waals surface area contributed by atoms with Gasteiger partial charge in [0.25, 0.3) is 0 Å². The van der Waals surface area contributed by atoms with Crippen molar-refractivity contribution in [3.8, 4) is 6.07 Å². The molecule has 84 valence electrons. The summed E-state index contributed by atoms with van der Waals surface area (Å²) in [5.74, 6) is 1.36. The lowest BCUT2D eigenvalue weighted by Crippen LogP contribution is -1.92. The van der Waals surface area contributed by atoms with Gasteiger partial charge >= 0.3 is 0 Å². The van der Waals surface area contributed by atoms with Crippen LogP contribution in [0.15, 0.2) is 29.2 Å². The van der Waals surface area contributed by atoms with Gasteiger partial charge in [-0.2, -0.15) is 5.26 Å². The van der Waals surface area contributed by atoms with Crippen molar-refractivity contribution < 1.29 is 4.74 Å². The van der Waals surface area contributed by atoms with Crippen LogP contribution in [0, 0.1) is 11.3 Å². The van der Waals surface area contributed by atoms with Gasteiger partial charge in [0.15, 0.2) is 5.76 Å². The highest BCUT2D eigenvalue weighted by Crippen LogP contribution is 2.31. The third-order valence-corrected chi connectivity index (χ3v) is 3.10. The van der Waals surface area contributed by atoms with Crippen LogP contribution in [0.5, 0.6) is 0 Å². The molecule has 0 saturated heterocycles. The zero-order valence-corrected chi connectivity index (χ0v) is 10.7. The molecular weight excluding hydrogens is 242 g/mol. The number of benzene rings is 1. The summed E-state index contributed by atoms with van der Waals surface area (Å²) in [4.78, 5) is 0.554. The van der Waals surface area contributed by atoms with Crippen LogP contribution in [-0.2, 0) is 4.74 Å². The Hall–Kier alpha value is -1.11. The summed E-state index contributed by atoms with van der Waals surface area (Å²) in [6.45, 7) is 1.99. The first kappa shape index (κ1) is 13.0. The summed E-state index contributed by atoms with van der Waals surface area (Å²) in [6.07, 6.45) is 0. The Bertz CT molecular complexity index is 437. The quantitative estimate of drug-likeness (QED) is 0.602. The van der Waals surface area contributed by atoms with Crippen LogP contribution in [-0.4, -0.2) is 12.9 Å². The van der Waals surface area contributed by atoms with E-state index in [0.717, 1.165) is 11.3 Å². The molecule has 0 saturated carbocycles. The molecule has 4 heteroatoms. The van der Waals surface area contributed by atoms with E-state index in [-0.39, 0.29) is 0 Å². The second-order valence-electron chi connectivity index (χ2n) is 2.89. The van der Waals surface area contributed by atoms with Crippen molar-refractivity contribution in [2.75, 3.05) is 12.9 Å².